The number of likely N-dealkylation sites (tertiary alicyclic amines) is 1. The maximum absolute atomic E-state index is 11.4. The number of benzene rings is 2. The first-order valence-electron chi connectivity index (χ1n) is 7.72. The zero-order chi connectivity index (χ0) is 14.7. The molecule has 118 valence electrons. The molecule has 3 heteroatoms. The first-order chi connectivity index (χ1) is 10.2. The summed E-state index contributed by atoms with van der Waals surface area (Å²) in [6.45, 7) is 1.05. The Morgan fingerprint density at radius 2 is 1.64 bits per heavy atom. The van der Waals surface area contributed by atoms with Crippen molar-refractivity contribution in [1.82, 2.24) is 4.90 Å². The highest BCUT2D eigenvalue weighted by Crippen LogP contribution is 2.37. The van der Waals surface area contributed by atoms with E-state index in [2.05, 4.69) is 48.3 Å². The van der Waals surface area contributed by atoms with Crippen LogP contribution in [-0.4, -0.2) is 29.6 Å². The van der Waals surface area contributed by atoms with E-state index in [9.17, 15) is 5.11 Å². The standard InChI is InChI=1S/C19H23NO.ClH/c1-20-14-8-13-19(21,17-11-6-3-7-12-17)18(20)15-16-9-4-2-5-10-16;/h2-7,9-12,18,21H,8,13-15H2,1H3;1H. The van der Waals surface area contributed by atoms with Gasteiger partial charge in [-0.05, 0) is 44.0 Å². The Kier molecular flexibility index (Phi) is 5.63. The lowest BCUT2D eigenvalue weighted by Gasteiger charge is -2.46. The van der Waals surface area contributed by atoms with Crippen molar-refractivity contribution in [2.24, 2.45) is 0 Å². The van der Waals surface area contributed by atoms with E-state index in [4.69, 9.17) is 0 Å². The second-order valence-electron chi connectivity index (χ2n) is 6.08. The van der Waals surface area contributed by atoms with Gasteiger partial charge in [-0.25, -0.2) is 0 Å². The Balaban J connectivity index is 0.00000176. The van der Waals surface area contributed by atoms with E-state index in [1.54, 1.807) is 0 Å². The van der Waals surface area contributed by atoms with Crippen molar-refractivity contribution in [1.29, 1.82) is 0 Å². The van der Waals surface area contributed by atoms with E-state index in [1.165, 1.54) is 5.56 Å². The van der Waals surface area contributed by atoms with Gasteiger partial charge in [0.15, 0.2) is 0 Å². The van der Waals surface area contributed by atoms with Gasteiger partial charge in [0.05, 0.1) is 0 Å². The minimum atomic E-state index is -0.760. The fraction of sp³-hybridized carbons (Fsp3) is 0.368. The SMILES string of the molecule is CN1CCCC(O)(c2ccccc2)C1Cc1ccccc1.Cl. The summed E-state index contributed by atoms with van der Waals surface area (Å²) in [5, 5.41) is 11.4. The molecule has 2 aromatic carbocycles. The first-order valence-corrected chi connectivity index (χ1v) is 7.72. The number of aliphatic hydroxyl groups is 1. The summed E-state index contributed by atoms with van der Waals surface area (Å²) < 4.78 is 0. The van der Waals surface area contributed by atoms with E-state index in [0.29, 0.717) is 0 Å². The number of hydrogen-bond acceptors (Lipinski definition) is 2. The van der Waals surface area contributed by atoms with Gasteiger partial charge in [0.1, 0.15) is 5.60 Å². The van der Waals surface area contributed by atoms with Crippen LogP contribution in [0.25, 0.3) is 0 Å². The van der Waals surface area contributed by atoms with Gasteiger partial charge in [0, 0.05) is 6.04 Å². The van der Waals surface area contributed by atoms with E-state index >= 15 is 0 Å². The lowest BCUT2D eigenvalue weighted by atomic mass is 9.76. The van der Waals surface area contributed by atoms with Crippen LogP contribution in [0.15, 0.2) is 60.7 Å². The van der Waals surface area contributed by atoms with Gasteiger partial charge >= 0.3 is 0 Å². The minimum absolute atomic E-state index is 0. The largest absolute Gasteiger partial charge is 0.384 e. The van der Waals surface area contributed by atoms with Gasteiger partial charge in [-0.15, -0.1) is 12.4 Å². The maximum atomic E-state index is 11.4. The lowest BCUT2D eigenvalue weighted by molar-refractivity contribution is -0.0781. The molecule has 22 heavy (non-hydrogen) atoms. The number of likely N-dealkylation sites (N-methyl/N-ethyl adjacent to an activating group) is 1. The number of rotatable bonds is 3. The average molecular weight is 318 g/mol. The molecule has 0 amide bonds. The summed E-state index contributed by atoms with van der Waals surface area (Å²) >= 11 is 0. The van der Waals surface area contributed by atoms with Gasteiger partial charge < -0.3 is 5.11 Å². The van der Waals surface area contributed by atoms with Crippen molar-refractivity contribution in [3.63, 3.8) is 0 Å². The number of piperidine rings is 1. The summed E-state index contributed by atoms with van der Waals surface area (Å²) in [7, 11) is 2.13. The molecule has 1 heterocycles. The summed E-state index contributed by atoms with van der Waals surface area (Å²) in [6, 6.07) is 20.7. The van der Waals surface area contributed by atoms with E-state index in [0.717, 1.165) is 31.4 Å². The minimum Gasteiger partial charge on any atom is -0.384 e. The van der Waals surface area contributed by atoms with Gasteiger partial charge in [0.25, 0.3) is 0 Å². The van der Waals surface area contributed by atoms with Crippen LogP contribution in [-0.2, 0) is 12.0 Å². The molecule has 3 rings (SSSR count). The molecule has 2 atom stereocenters. The molecular weight excluding hydrogens is 294 g/mol. The van der Waals surface area contributed by atoms with Crippen LogP contribution in [0.4, 0.5) is 0 Å². The van der Waals surface area contributed by atoms with Crippen LogP contribution in [0.3, 0.4) is 0 Å². The van der Waals surface area contributed by atoms with Crippen molar-refractivity contribution < 1.29 is 5.11 Å². The quantitative estimate of drug-likeness (QED) is 0.934. The highest BCUT2D eigenvalue weighted by molar-refractivity contribution is 5.85. The van der Waals surface area contributed by atoms with Crippen LogP contribution in [0.2, 0.25) is 0 Å². The predicted octanol–water partition coefficient (Wildman–Crippen LogP) is 3.63. The molecule has 2 unspecified atom stereocenters. The Morgan fingerprint density at radius 1 is 1.05 bits per heavy atom. The molecule has 0 radical (unpaired) electrons. The Bertz CT molecular complexity index is 575. The van der Waals surface area contributed by atoms with Crippen molar-refractivity contribution in [2.45, 2.75) is 30.9 Å². The van der Waals surface area contributed by atoms with Crippen LogP contribution < -0.4 is 0 Å². The smallest absolute Gasteiger partial charge is 0.105 e. The zero-order valence-electron chi connectivity index (χ0n) is 13.0. The molecule has 1 saturated heterocycles. The zero-order valence-corrected chi connectivity index (χ0v) is 13.8. The number of nitrogens with zero attached hydrogens (tertiary/aromatic N) is 1. The molecule has 1 aliphatic rings. The van der Waals surface area contributed by atoms with E-state index in [1.807, 2.05) is 24.3 Å². The third-order valence-electron chi connectivity index (χ3n) is 4.70. The van der Waals surface area contributed by atoms with Crippen molar-refractivity contribution in [3.8, 4) is 0 Å². The van der Waals surface area contributed by atoms with Crippen LogP contribution in [0, 0.1) is 0 Å². The van der Waals surface area contributed by atoms with Crippen molar-refractivity contribution in [3.05, 3.63) is 71.8 Å². The summed E-state index contributed by atoms with van der Waals surface area (Å²) in [5.74, 6) is 0. The van der Waals surface area contributed by atoms with Gasteiger partial charge in [0.2, 0.25) is 0 Å². The summed E-state index contributed by atoms with van der Waals surface area (Å²) in [4.78, 5) is 2.31. The van der Waals surface area contributed by atoms with Gasteiger partial charge in [-0.2, -0.15) is 0 Å². The third-order valence-corrected chi connectivity index (χ3v) is 4.70. The number of halogens is 1. The fourth-order valence-corrected chi connectivity index (χ4v) is 3.51. The maximum Gasteiger partial charge on any atom is 0.105 e. The monoisotopic (exact) mass is 317 g/mol. The number of hydrogen-bond donors (Lipinski definition) is 1. The summed E-state index contributed by atoms with van der Waals surface area (Å²) in [5.41, 5.74) is 1.56. The van der Waals surface area contributed by atoms with E-state index < -0.39 is 5.60 Å². The average Bonchev–Trinajstić information content (AvgIpc) is 2.53. The molecule has 0 aliphatic carbocycles. The Labute approximate surface area is 139 Å². The third kappa shape index (κ3) is 3.35. The normalized spacial score (nSPS) is 25.5. The molecule has 0 bridgehead atoms. The topological polar surface area (TPSA) is 23.5 Å². The van der Waals surface area contributed by atoms with Crippen LogP contribution in [0.5, 0.6) is 0 Å². The molecule has 1 N–H and O–H groups in total. The highest BCUT2D eigenvalue weighted by Gasteiger charge is 2.42. The molecule has 2 aromatic rings. The molecule has 0 aromatic heterocycles. The highest BCUT2D eigenvalue weighted by atomic mass is 35.5. The molecule has 0 saturated carbocycles. The van der Waals surface area contributed by atoms with Crippen molar-refractivity contribution >= 4 is 12.4 Å². The summed E-state index contributed by atoms with van der Waals surface area (Å²) in [6.07, 6.45) is 2.74. The second-order valence-corrected chi connectivity index (χ2v) is 6.08. The van der Waals surface area contributed by atoms with Crippen molar-refractivity contribution in [2.75, 3.05) is 13.6 Å². The second kappa shape index (κ2) is 7.28. The molecule has 1 fully saturated rings. The Morgan fingerprint density at radius 3 is 2.27 bits per heavy atom. The van der Waals surface area contributed by atoms with Gasteiger partial charge in [-0.3, -0.25) is 4.90 Å². The van der Waals surface area contributed by atoms with Crippen LogP contribution in [0.1, 0.15) is 24.0 Å². The van der Waals surface area contributed by atoms with E-state index in [-0.39, 0.29) is 18.4 Å². The molecule has 2 nitrogen and oxygen atoms in total. The van der Waals surface area contributed by atoms with Crippen LogP contribution >= 0.6 is 12.4 Å². The van der Waals surface area contributed by atoms with Gasteiger partial charge in [-0.1, -0.05) is 60.7 Å². The molecule has 1 aliphatic heterocycles. The predicted molar refractivity (Wildman–Crippen MR) is 93.4 cm³/mol. The Hall–Kier alpha value is -1.35. The lowest BCUT2D eigenvalue weighted by Crippen LogP contribution is -2.54. The molecule has 0 spiro atoms. The first kappa shape index (κ1) is 17.0. The molecular formula is C19H24ClNO. The fourth-order valence-electron chi connectivity index (χ4n) is 3.51.